The molecule has 1 rings (SSSR count). The maximum absolute atomic E-state index is 9.68. The van der Waals surface area contributed by atoms with Crippen LogP contribution in [0.3, 0.4) is 0 Å². The van der Waals surface area contributed by atoms with Crippen LogP contribution in [0.25, 0.3) is 0 Å². The zero-order valence-electron chi connectivity index (χ0n) is 9.12. The molecule has 0 spiro atoms. The fraction of sp³-hybridized carbons (Fsp3) is 0.273. The van der Waals surface area contributed by atoms with Gasteiger partial charge in [-0.3, -0.25) is 4.98 Å². The van der Waals surface area contributed by atoms with Crippen molar-refractivity contribution in [3.05, 3.63) is 41.1 Å². The summed E-state index contributed by atoms with van der Waals surface area (Å²) in [5, 5.41) is 21.7. The minimum atomic E-state index is -0.246. The summed E-state index contributed by atoms with van der Waals surface area (Å²) < 4.78 is 0. The Morgan fingerprint density at radius 2 is 2.38 bits per heavy atom. The molecule has 0 radical (unpaired) electrons. The van der Waals surface area contributed by atoms with Gasteiger partial charge in [0.25, 0.3) is 0 Å². The second-order valence-electron chi connectivity index (χ2n) is 3.30. The number of aromatic hydroxyl groups is 1. The van der Waals surface area contributed by atoms with Crippen molar-refractivity contribution in [1.82, 2.24) is 10.3 Å². The van der Waals surface area contributed by atoms with Crippen LogP contribution in [0.15, 0.2) is 24.3 Å². The molecule has 1 aromatic heterocycles. The number of pyridine rings is 1. The number of nitrogens with two attached hydrogens (primary N) is 1. The van der Waals surface area contributed by atoms with Crippen molar-refractivity contribution in [2.75, 3.05) is 0 Å². The van der Waals surface area contributed by atoms with Gasteiger partial charge in [0.1, 0.15) is 11.6 Å². The van der Waals surface area contributed by atoms with Crippen LogP contribution in [0.2, 0.25) is 0 Å². The molecule has 0 unspecified atom stereocenters. The van der Waals surface area contributed by atoms with E-state index in [1.54, 1.807) is 13.1 Å². The van der Waals surface area contributed by atoms with Gasteiger partial charge in [0.2, 0.25) is 0 Å². The standard InChI is InChI=1S/C11H15N3O2/c1-3-10(12)14-5-8-4-13-7(2)11(16)9(8)6-15/h4,14-16H,1,5-6,12H2,2H3. The highest BCUT2D eigenvalue weighted by atomic mass is 16.3. The van der Waals surface area contributed by atoms with Crippen LogP contribution in [0.5, 0.6) is 5.75 Å². The van der Waals surface area contributed by atoms with Crippen molar-refractivity contribution in [3.63, 3.8) is 0 Å². The molecule has 5 nitrogen and oxygen atoms in total. The van der Waals surface area contributed by atoms with Crippen LogP contribution in [-0.4, -0.2) is 15.2 Å². The molecule has 16 heavy (non-hydrogen) atoms. The number of nitrogens with one attached hydrogen (secondary N) is 1. The Balaban J connectivity index is 2.96. The van der Waals surface area contributed by atoms with Crippen molar-refractivity contribution in [1.29, 1.82) is 0 Å². The Morgan fingerprint density at radius 1 is 1.69 bits per heavy atom. The molecule has 0 aliphatic heterocycles. The van der Waals surface area contributed by atoms with Crippen molar-refractivity contribution >= 4 is 0 Å². The van der Waals surface area contributed by atoms with Crippen LogP contribution >= 0.6 is 0 Å². The maximum Gasteiger partial charge on any atom is 0.142 e. The Kier molecular flexibility index (Phi) is 3.94. The monoisotopic (exact) mass is 221 g/mol. The van der Waals surface area contributed by atoms with Crippen LogP contribution < -0.4 is 11.1 Å². The van der Waals surface area contributed by atoms with Gasteiger partial charge in [-0.25, -0.2) is 0 Å². The molecule has 5 N–H and O–H groups in total. The fourth-order valence-electron chi connectivity index (χ4n) is 1.27. The highest BCUT2D eigenvalue weighted by molar-refractivity contribution is 5.40. The third-order valence-corrected chi connectivity index (χ3v) is 2.25. The lowest BCUT2D eigenvalue weighted by molar-refractivity contribution is 0.273. The number of hydrogen-bond donors (Lipinski definition) is 4. The SMILES string of the molecule is C=C=C(N)NCc1cnc(C)c(O)c1CO. The Bertz CT molecular complexity index is 437. The first kappa shape index (κ1) is 12.1. The molecule has 86 valence electrons. The molecule has 0 bridgehead atoms. The lowest BCUT2D eigenvalue weighted by Crippen LogP contribution is -2.19. The molecule has 0 amide bonds. The summed E-state index contributed by atoms with van der Waals surface area (Å²) in [7, 11) is 0. The normalized spacial score (nSPS) is 9.62. The third-order valence-electron chi connectivity index (χ3n) is 2.25. The largest absolute Gasteiger partial charge is 0.506 e. The zero-order valence-corrected chi connectivity index (χ0v) is 9.12. The van der Waals surface area contributed by atoms with Crippen molar-refractivity contribution < 1.29 is 10.2 Å². The minimum Gasteiger partial charge on any atom is -0.506 e. The Labute approximate surface area is 93.9 Å². The Morgan fingerprint density at radius 3 is 2.94 bits per heavy atom. The van der Waals surface area contributed by atoms with Gasteiger partial charge < -0.3 is 21.3 Å². The number of rotatable bonds is 4. The summed E-state index contributed by atoms with van der Waals surface area (Å²) in [5.74, 6) is 0.326. The molecule has 0 saturated heterocycles. The molecular weight excluding hydrogens is 206 g/mol. The summed E-state index contributed by atoms with van der Waals surface area (Å²) >= 11 is 0. The van der Waals surface area contributed by atoms with Crippen LogP contribution in [0, 0.1) is 6.92 Å². The van der Waals surface area contributed by atoms with Gasteiger partial charge in [-0.05, 0) is 12.5 Å². The summed E-state index contributed by atoms with van der Waals surface area (Å²) in [6.07, 6.45) is 1.59. The van der Waals surface area contributed by atoms with E-state index in [0.29, 0.717) is 29.2 Å². The fourth-order valence-corrected chi connectivity index (χ4v) is 1.27. The average Bonchev–Trinajstić information content (AvgIpc) is 2.30. The van der Waals surface area contributed by atoms with Gasteiger partial charge in [0.15, 0.2) is 0 Å². The molecule has 5 heteroatoms. The van der Waals surface area contributed by atoms with Gasteiger partial charge in [0.05, 0.1) is 12.3 Å². The predicted octanol–water partition coefficient (Wildman–Crippen LogP) is 0.263. The van der Waals surface area contributed by atoms with E-state index in [1.165, 1.54) is 0 Å². The van der Waals surface area contributed by atoms with Gasteiger partial charge in [-0.2, -0.15) is 0 Å². The summed E-state index contributed by atoms with van der Waals surface area (Å²) in [4.78, 5) is 4.00. The van der Waals surface area contributed by atoms with Crippen molar-refractivity contribution in [2.45, 2.75) is 20.1 Å². The van der Waals surface area contributed by atoms with E-state index in [4.69, 9.17) is 10.8 Å². The first-order valence-electron chi connectivity index (χ1n) is 4.76. The van der Waals surface area contributed by atoms with Crippen molar-refractivity contribution in [3.8, 4) is 5.75 Å². The lowest BCUT2D eigenvalue weighted by atomic mass is 10.1. The first-order chi connectivity index (χ1) is 7.60. The van der Waals surface area contributed by atoms with E-state index >= 15 is 0 Å². The number of hydrogen-bond acceptors (Lipinski definition) is 5. The molecule has 0 aliphatic carbocycles. The Hall–Kier alpha value is -1.97. The lowest BCUT2D eigenvalue weighted by Gasteiger charge is -2.11. The number of aliphatic hydroxyl groups is 1. The smallest absolute Gasteiger partial charge is 0.142 e. The summed E-state index contributed by atoms with van der Waals surface area (Å²) in [6, 6.07) is 0. The molecule has 0 saturated carbocycles. The second kappa shape index (κ2) is 5.21. The average molecular weight is 221 g/mol. The van der Waals surface area contributed by atoms with Crippen molar-refractivity contribution in [2.24, 2.45) is 5.73 Å². The van der Waals surface area contributed by atoms with E-state index in [0.717, 1.165) is 0 Å². The van der Waals surface area contributed by atoms with Gasteiger partial charge in [-0.1, -0.05) is 12.3 Å². The quantitative estimate of drug-likeness (QED) is 0.547. The van der Waals surface area contributed by atoms with E-state index in [-0.39, 0.29) is 12.4 Å². The molecule has 0 atom stereocenters. The number of aryl methyl sites for hydroxylation is 1. The van der Waals surface area contributed by atoms with Crippen LogP contribution in [0.4, 0.5) is 0 Å². The van der Waals surface area contributed by atoms with E-state index < -0.39 is 0 Å². The highest BCUT2D eigenvalue weighted by Gasteiger charge is 2.10. The van der Waals surface area contributed by atoms with Crippen LogP contribution in [0.1, 0.15) is 16.8 Å². The zero-order chi connectivity index (χ0) is 12.1. The number of aromatic nitrogens is 1. The van der Waals surface area contributed by atoms with Crippen LogP contribution in [-0.2, 0) is 13.2 Å². The minimum absolute atomic E-state index is 0.0166. The molecule has 0 fully saturated rings. The molecule has 1 heterocycles. The summed E-state index contributed by atoms with van der Waals surface area (Å²) in [5.41, 5.74) is 9.58. The number of aliphatic hydroxyl groups excluding tert-OH is 1. The molecular formula is C11H15N3O2. The number of nitrogens with zero attached hydrogens (tertiary/aromatic N) is 1. The predicted molar refractivity (Wildman–Crippen MR) is 60.2 cm³/mol. The van der Waals surface area contributed by atoms with Gasteiger partial charge in [0, 0.05) is 18.3 Å². The molecule has 1 aromatic rings. The van der Waals surface area contributed by atoms with Gasteiger partial charge >= 0.3 is 0 Å². The first-order valence-corrected chi connectivity index (χ1v) is 4.76. The van der Waals surface area contributed by atoms with E-state index in [9.17, 15) is 5.11 Å². The van der Waals surface area contributed by atoms with E-state index in [1.807, 2.05) is 0 Å². The second-order valence-corrected chi connectivity index (χ2v) is 3.30. The summed E-state index contributed by atoms with van der Waals surface area (Å²) in [6.45, 7) is 5.16. The van der Waals surface area contributed by atoms with E-state index in [2.05, 4.69) is 22.6 Å². The topological polar surface area (TPSA) is 91.4 Å². The maximum atomic E-state index is 9.68. The van der Waals surface area contributed by atoms with Gasteiger partial charge in [-0.15, -0.1) is 0 Å². The highest BCUT2D eigenvalue weighted by Crippen LogP contribution is 2.23. The molecule has 0 aliphatic rings. The third kappa shape index (κ3) is 2.53. The molecule has 0 aromatic carbocycles.